The number of nitrogens with one attached hydrogen (secondary N) is 1. The first kappa shape index (κ1) is 20.1. The number of benzene rings is 1. The van der Waals surface area contributed by atoms with E-state index in [1.54, 1.807) is 24.7 Å². The number of carbonyl (C=O) groups is 1. The van der Waals surface area contributed by atoms with E-state index in [-0.39, 0.29) is 23.7 Å². The highest BCUT2D eigenvalue weighted by molar-refractivity contribution is 5.91. The Balaban J connectivity index is 0.00000243. The molecular formula is C19H25ClN4O2. The minimum absolute atomic E-state index is 0. The topological polar surface area (TPSA) is 90.1 Å². The summed E-state index contributed by atoms with van der Waals surface area (Å²) >= 11 is 0. The van der Waals surface area contributed by atoms with Gasteiger partial charge in [-0.3, -0.25) is 9.78 Å². The maximum atomic E-state index is 12.5. The predicted molar refractivity (Wildman–Crippen MR) is 104 cm³/mol. The normalized spacial score (nSPS) is 15.6. The van der Waals surface area contributed by atoms with E-state index in [9.17, 15) is 4.79 Å². The fraction of sp³-hybridized carbons (Fsp3) is 0.421. The van der Waals surface area contributed by atoms with Crippen LogP contribution >= 0.6 is 12.4 Å². The minimum Gasteiger partial charge on any atom is -0.437 e. The molecule has 0 saturated heterocycles. The summed E-state index contributed by atoms with van der Waals surface area (Å²) in [6, 6.07) is 7.27. The van der Waals surface area contributed by atoms with Crippen LogP contribution < -0.4 is 15.8 Å². The summed E-state index contributed by atoms with van der Waals surface area (Å²) in [5.41, 5.74) is 6.63. The van der Waals surface area contributed by atoms with Crippen molar-refractivity contribution < 1.29 is 9.53 Å². The molecule has 140 valence electrons. The molecule has 1 heterocycles. The van der Waals surface area contributed by atoms with Crippen LogP contribution in [0.2, 0.25) is 0 Å². The molecule has 0 bridgehead atoms. The fourth-order valence-electron chi connectivity index (χ4n) is 3.40. The molecule has 0 atom stereocenters. The number of hydrogen-bond acceptors (Lipinski definition) is 5. The molecule has 0 aliphatic heterocycles. The number of amides is 1. The standard InChI is InChI=1S/C19H24N4O2.ClH/c20-14-19(7-2-1-3-8-19)12-17(24)23-15-5-4-6-16(11-15)25-18-13-21-9-10-22-18;/h4-6,9-11,13H,1-3,7-8,12,14,20H2,(H,23,24);1H. The Morgan fingerprint density at radius 3 is 2.73 bits per heavy atom. The largest absolute Gasteiger partial charge is 0.437 e. The first-order valence-electron chi connectivity index (χ1n) is 8.73. The van der Waals surface area contributed by atoms with E-state index in [1.165, 1.54) is 6.42 Å². The molecule has 0 unspecified atom stereocenters. The molecule has 26 heavy (non-hydrogen) atoms. The lowest BCUT2D eigenvalue weighted by molar-refractivity contribution is -0.118. The van der Waals surface area contributed by atoms with Gasteiger partial charge in [0.25, 0.3) is 0 Å². The van der Waals surface area contributed by atoms with Crippen LogP contribution in [0.4, 0.5) is 5.69 Å². The summed E-state index contributed by atoms with van der Waals surface area (Å²) in [6.07, 6.45) is 10.8. The summed E-state index contributed by atoms with van der Waals surface area (Å²) in [6.45, 7) is 0.566. The van der Waals surface area contributed by atoms with Gasteiger partial charge in [0.05, 0.1) is 6.20 Å². The molecule has 0 radical (unpaired) electrons. The molecule has 1 aromatic heterocycles. The van der Waals surface area contributed by atoms with Crippen molar-refractivity contribution >= 4 is 24.0 Å². The third-order valence-electron chi connectivity index (χ3n) is 4.76. The highest BCUT2D eigenvalue weighted by Crippen LogP contribution is 2.38. The Bertz CT molecular complexity index is 706. The van der Waals surface area contributed by atoms with E-state index >= 15 is 0 Å². The molecule has 1 amide bonds. The zero-order valence-corrected chi connectivity index (χ0v) is 15.5. The molecule has 3 N–H and O–H groups in total. The lowest BCUT2D eigenvalue weighted by Gasteiger charge is -2.35. The number of carbonyl (C=O) groups excluding carboxylic acids is 1. The van der Waals surface area contributed by atoms with Crippen molar-refractivity contribution in [3.8, 4) is 11.6 Å². The van der Waals surface area contributed by atoms with Gasteiger partial charge in [-0.15, -0.1) is 12.4 Å². The molecule has 2 aromatic rings. The van der Waals surface area contributed by atoms with Crippen LogP contribution in [-0.4, -0.2) is 22.4 Å². The van der Waals surface area contributed by atoms with Crippen LogP contribution in [-0.2, 0) is 4.79 Å². The molecule has 0 spiro atoms. The number of rotatable bonds is 6. The maximum Gasteiger partial charge on any atom is 0.237 e. The first-order valence-corrected chi connectivity index (χ1v) is 8.73. The molecule has 1 aliphatic carbocycles. The van der Waals surface area contributed by atoms with Crippen molar-refractivity contribution in [1.82, 2.24) is 9.97 Å². The summed E-state index contributed by atoms with van der Waals surface area (Å²) in [7, 11) is 0. The van der Waals surface area contributed by atoms with Crippen LogP contribution in [0.3, 0.4) is 0 Å². The molecule has 7 heteroatoms. The van der Waals surface area contributed by atoms with E-state index < -0.39 is 0 Å². The van der Waals surface area contributed by atoms with Crippen LogP contribution in [0.1, 0.15) is 38.5 Å². The van der Waals surface area contributed by atoms with Gasteiger partial charge in [-0.25, -0.2) is 4.98 Å². The number of anilines is 1. The Morgan fingerprint density at radius 2 is 2.04 bits per heavy atom. The van der Waals surface area contributed by atoms with Gasteiger partial charge in [-0.2, -0.15) is 0 Å². The van der Waals surface area contributed by atoms with Crippen molar-refractivity contribution in [3.05, 3.63) is 42.9 Å². The molecule has 3 rings (SSSR count). The SMILES string of the molecule is Cl.NCC1(CC(=O)Nc2cccc(Oc3cnccn3)c2)CCCCC1. The number of aromatic nitrogens is 2. The second-order valence-corrected chi connectivity index (χ2v) is 6.66. The number of halogens is 1. The molecule has 1 aromatic carbocycles. The van der Waals surface area contributed by atoms with E-state index in [4.69, 9.17) is 10.5 Å². The van der Waals surface area contributed by atoms with E-state index in [1.807, 2.05) is 18.2 Å². The molecule has 1 saturated carbocycles. The summed E-state index contributed by atoms with van der Waals surface area (Å²) in [5, 5.41) is 2.96. The van der Waals surface area contributed by atoms with Gasteiger partial charge in [0.1, 0.15) is 5.75 Å². The van der Waals surface area contributed by atoms with Gasteiger partial charge >= 0.3 is 0 Å². The van der Waals surface area contributed by atoms with Crippen molar-refractivity contribution in [2.45, 2.75) is 38.5 Å². The maximum absolute atomic E-state index is 12.5. The molecule has 1 aliphatic rings. The highest BCUT2D eigenvalue weighted by Gasteiger charge is 2.32. The Morgan fingerprint density at radius 1 is 1.23 bits per heavy atom. The quantitative estimate of drug-likeness (QED) is 0.797. The van der Waals surface area contributed by atoms with Crippen LogP contribution in [0.25, 0.3) is 0 Å². The number of ether oxygens (including phenoxy) is 1. The highest BCUT2D eigenvalue weighted by atomic mass is 35.5. The van der Waals surface area contributed by atoms with E-state index in [0.29, 0.717) is 30.3 Å². The predicted octanol–water partition coefficient (Wildman–Crippen LogP) is 3.93. The van der Waals surface area contributed by atoms with Gasteiger partial charge in [0, 0.05) is 30.6 Å². The third-order valence-corrected chi connectivity index (χ3v) is 4.76. The number of nitrogens with zero attached hydrogens (tertiary/aromatic N) is 2. The van der Waals surface area contributed by atoms with Gasteiger partial charge in [-0.1, -0.05) is 25.3 Å². The molecular weight excluding hydrogens is 352 g/mol. The number of nitrogens with two attached hydrogens (primary N) is 1. The average Bonchev–Trinajstić information content (AvgIpc) is 2.63. The first-order chi connectivity index (χ1) is 12.2. The van der Waals surface area contributed by atoms with Crippen molar-refractivity contribution in [2.24, 2.45) is 11.1 Å². The second kappa shape index (κ2) is 9.50. The smallest absolute Gasteiger partial charge is 0.237 e. The van der Waals surface area contributed by atoms with Crippen LogP contribution in [0.15, 0.2) is 42.9 Å². The van der Waals surface area contributed by atoms with E-state index in [0.717, 1.165) is 25.7 Å². The Hall–Kier alpha value is -2.18. The van der Waals surface area contributed by atoms with E-state index in [2.05, 4.69) is 15.3 Å². The molecule has 6 nitrogen and oxygen atoms in total. The monoisotopic (exact) mass is 376 g/mol. The third kappa shape index (κ3) is 5.41. The molecule has 1 fully saturated rings. The zero-order valence-electron chi connectivity index (χ0n) is 14.7. The van der Waals surface area contributed by atoms with Gasteiger partial charge in [0.2, 0.25) is 11.8 Å². The lowest BCUT2D eigenvalue weighted by atomic mass is 9.71. The van der Waals surface area contributed by atoms with Crippen LogP contribution in [0, 0.1) is 5.41 Å². The summed E-state index contributed by atoms with van der Waals surface area (Å²) in [4.78, 5) is 20.5. The Kier molecular flexibility index (Phi) is 7.36. The van der Waals surface area contributed by atoms with Gasteiger partial charge in [-0.05, 0) is 36.9 Å². The zero-order chi connectivity index (χ0) is 17.5. The van der Waals surface area contributed by atoms with Gasteiger partial charge < -0.3 is 15.8 Å². The average molecular weight is 377 g/mol. The minimum atomic E-state index is -0.0456. The van der Waals surface area contributed by atoms with Crippen molar-refractivity contribution in [3.63, 3.8) is 0 Å². The summed E-state index contributed by atoms with van der Waals surface area (Å²) in [5.74, 6) is 1.02. The van der Waals surface area contributed by atoms with Crippen LogP contribution in [0.5, 0.6) is 11.6 Å². The fourth-order valence-corrected chi connectivity index (χ4v) is 3.40. The Labute approximate surface area is 160 Å². The van der Waals surface area contributed by atoms with Crippen molar-refractivity contribution in [2.75, 3.05) is 11.9 Å². The second-order valence-electron chi connectivity index (χ2n) is 6.66. The number of hydrogen-bond donors (Lipinski definition) is 2. The summed E-state index contributed by atoms with van der Waals surface area (Å²) < 4.78 is 5.65. The van der Waals surface area contributed by atoms with Crippen molar-refractivity contribution in [1.29, 1.82) is 0 Å². The lowest BCUT2D eigenvalue weighted by Crippen LogP contribution is -2.36. The van der Waals surface area contributed by atoms with Gasteiger partial charge in [0.15, 0.2) is 0 Å².